The number of rotatable bonds is 3. The fourth-order valence-corrected chi connectivity index (χ4v) is 0.740. The van der Waals surface area contributed by atoms with Crippen molar-refractivity contribution >= 4 is 11.8 Å². The second-order valence-electron chi connectivity index (χ2n) is 2.04. The first-order valence-corrected chi connectivity index (χ1v) is 3.83. The predicted octanol–water partition coefficient (Wildman–Crippen LogP) is 2.46. The van der Waals surface area contributed by atoms with Crippen LogP contribution in [0.4, 0.5) is 0 Å². The largest absolute Gasteiger partial charge is 0.391 e. The van der Waals surface area contributed by atoms with E-state index in [2.05, 4.69) is 0 Å². The summed E-state index contributed by atoms with van der Waals surface area (Å²) in [4.78, 5) is 5.16. The molecule has 0 spiro atoms. The van der Waals surface area contributed by atoms with Crippen LogP contribution in [0, 0.1) is 0 Å². The lowest BCUT2D eigenvalue weighted by Gasteiger charge is -2.11. The van der Waals surface area contributed by atoms with E-state index in [-0.39, 0.29) is 0 Å². The lowest BCUT2D eigenvalue weighted by atomic mass is 10.3. The standard InChI is InChI=1S/C8H10ClNO/c1-2-10(9)11-8-6-4-3-5-7-8/h3-7H,2H2,1H3. The Bertz CT molecular complexity index is 203. The third kappa shape index (κ3) is 2.78. The zero-order valence-electron chi connectivity index (χ0n) is 6.33. The van der Waals surface area contributed by atoms with Gasteiger partial charge in [-0.05, 0) is 19.1 Å². The van der Waals surface area contributed by atoms with Gasteiger partial charge in [0.15, 0.2) is 0 Å². The van der Waals surface area contributed by atoms with E-state index < -0.39 is 0 Å². The van der Waals surface area contributed by atoms with Crippen LogP contribution in [0.1, 0.15) is 6.92 Å². The molecule has 0 N–H and O–H groups in total. The Hall–Kier alpha value is -0.730. The molecule has 0 unspecified atom stereocenters. The van der Waals surface area contributed by atoms with E-state index in [1.807, 2.05) is 37.3 Å². The van der Waals surface area contributed by atoms with E-state index in [0.717, 1.165) is 5.75 Å². The number of hydrogen-bond acceptors (Lipinski definition) is 2. The molecule has 0 aliphatic carbocycles. The molecule has 11 heavy (non-hydrogen) atoms. The SMILES string of the molecule is CCN(Cl)Oc1ccccc1. The van der Waals surface area contributed by atoms with Crippen LogP contribution in [-0.2, 0) is 0 Å². The molecule has 0 fully saturated rings. The topological polar surface area (TPSA) is 12.5 Å². The van der Waals surface area contributed by atoms with E-state index in [0.29, 0.717) is 6.54 Å². The van der Waals surface area contributed by atoms with Crippen molar-refractivity contribution in [1.82, 2.24) is 4.58 Å². The first kappa shape index (κ1) is 8.37. The summed E-state index contributed by atoms with van der Waals surface area (Å²) in [6.45, 7) is 2.56. The Balaban J connectivity index is 2.51. The van der Waals surface area contributed by atoms with Crippen molar-refractivity contribution in [1.29, 1.82) is 0 Å². The molecule has 2 nitrogen and oxygen atoms in total. The average molecular weight is 172 g/mol. The van der Waals surface area contributed by atoms with Gasteiger partial charge in [-0.25, -0.2) is 0 Å². The van der Waals surface area contributed by atoms with Crippen LogP contribution < -0.4 is 4.84 Å². The minimum atomic E-state index is 0.649. The highest BCUT2D eigenvalue weighted by molar-refractivity contribution is 6.12. The van der Waals surface area contributed by atoms with E-state index in [1.165, 1.54) is 4.58 Å². The molecule has 0 amide bonds. The fourth-order valence-electron chi connectivity index (χ4n) is 0.660. The maximum absolute atomic E-state index is 5.61. The molecule has 0 aromatic heterocycles. The van der Waals surface area contributed by atoms with Crippen molar-refractivity contribution in [2.75, 3.05) is 6.54 Å². The van der Waals surface area contributed by atoms with Gasteiger partial charge < -0.3 is 4.84 Å². The lowest BCUT2D eigenvalue weighted by molar-refractivity contribution is 0.0449. The second-order valence-corrected chi connectivity index (χ2v) is 2.42. The maximum atomic E-state index is 5.61. The molecular weight excluding hydrogens is 162 g/mol. The summed E-state index contributed by atoms with van der Waals surface area (Å²) < 4.78 is 1.26. The average Bonchev–Trinajstić information content (AvgIpc) is 2.06. The van der Waals surface area contributed by atoms with Crippen LogP contribution in [-0.4, -0.2) is 11.1 Å². The van der Waals surface area contributed by atoms with E-state index in [1.54, 1.807) is 0 Å². The second kappa shape index (κ2) is 4.21. The molecule has 0 aliphatic heterocycles. The number of hydrogen-bond donors (Lipinski definition) is 0. The zero-order chi connectivity index (χ0) is 8.10. The van der Waals surface area contributed by atoms with Gasteiger partial charge in [0.1, 0.15) is 5.75 Å². The number of benzene rings is 1. The van der Waals surface area contributed by atoms with Crippen molar-refractivity contribution in [2.45, 2.75) is 6.92 Å². The summed E-state index contributed by atoms with van der Waals surface area (Å²) in [5, 5.41) is 0. The third-order valence-electron chi connectivity index (χ3n) is 1.20. The number of para-hydroxylation sites is 1. The van der Waals surface area contributed by atoms with Crippen molar-refractivity contribution in [3.63, 3.8) is 0 Å². The summed E-state index contributed by atoms with van der Waals surface area (Å²) in [5.41, 5.74) is 0. The first-order valence-electron chi connectivity index (χ1n) is 3.49. The van der Waals surface area contributed by atoms with Crippen LogP contribution in [0.2, 0.25) is 0 Å². The van der Waals surface area contributed by atoms with Crippen molar-refractivity contribution < 1.29 is 4.84 Å². The minimum Gasteiger partial charge on any atom is -0.391 e. The van der Waals surface area contributed by atoms with Crippen LogP contribution in [0.3, 0.4) is 0 Å². The molecule has 0 radical (unpaired) electrons. The van der Waals surface area contributed by atoms with Gasteiger partial charge in [0, 0.05) is 18.3 Å². The zero-order valence-corrected chi connectivity index (χ0v) is 7.08. The van der Waals surface area contributed by atoms with Crippen LogP contribution in [0.5, 0.6) is 5.75 Å². The molecule has 3 heteroatoms. The van der Waals surface area contributed by atoms with Gasteiger partial charge in [0.25, 0.3) is 0 Å². The summed E-state index contributed by atoms with van der Waals surface area (Å²) in [6, 6.07) is 9.43. The van der Waals surface area contributed by atoms with Crippen molar-refractivity contribution in [2.24, 2.45) is 0 Å². The molecule has 0 atom stereocenters. The van der Waals surface area contributed by atoms with Gasteiger partial charge in [-0.3, -0.25) is 0 Å². The molecule has 1 aromatic carbocycles. The molecule has 0 bridgehead atoms. The van der Waals surface area contributed by atoms with E-state index in [9.17, 15) is 0 Å². The highest BCUT2D eigenvalue weighted by Crippen LogP contribution is 2.10. The molecule has 0 heterocycles. The lowest BCUT2D eigenvalue weighted by Crippen LogP contribution is -2.15. The molecular formula is C8H10ClNO. The smallest absolute Gasteiger partial charge is 0.149 e. The molecule has 1 aromatic rings. The normalized spacial score (nSPS) is 10.1. The molecule has 60 valence electrons. The summed E-state index contributed by atoms with van der Waals surface area (Å²) >= 11 is 5.61. The van der Waals surface area contributed by atoms with Gasteiger partial charge in [0.2, 0.25) is 0 Å². The molecule has 1 rings (SSSR count). The number of nitrogens with zero attached hydrogens (tertiary/aromatic N) is 1. The van der Waals surface area contributed by atoms with Crippen LogP contribution >= 0.6 is 11.8 Å². The molecule has 0 saturated heterocycles. The van der Waals surface area contributed by atoms with Gasteiger partial charge in [-0.2, -0.15) is 0 Å². The Morgan fingerprint density at radius 2 is 2.00 bits per heavy atom. The Labute approximate surface area is 71.4 Å². The predicted molar refractivity (Wildman–Crippen MR) is 45.3 cm³/mol. The summed E-state index contributed by atoms with van der Waals surface area (Å²) in [6.07, 6.45) is 0. The highest BCUT2D eigenvalue weighted by Gasteiger charge is 1.97. The molecule has 0 aliphatic rings. The molecule has 0 saturated carbocycles. The minimum absolute atomic E-state index is 0.649. The van der Waals surface area contributed by atoms with Crippen LogP contribution in [0.25, 0.3) is 0 Å². The fraction of sp³-hybridized carbons (Fsp3) is 0.250. The summed E-state index contributed by atoms with van der Waals surface area (Å²) in [5.74, 6) is 0.754. The number of halogens is 1. The maximum Gasteiger partial charge on any atom is 0.149 e. The van der Waals surface area contributed by atoms with Gasteiger partial charge in [-0.15, -0.1) is 0 Å². The Kier molecular flexibility index (Phi) is 3.20. The Morgan fingerprint density at radius 3 is 2.55 bits per heavy atom. The van der Waals surface area contributed by atoms with Crippen molar-refractivity contribution in [3.05, 3.63) is 30.3 Å². The quantitative estimate of drug-likeness (QED) is 0.512. The summed E-state index contributed by atoms with van der Waals surface area (Å²) in [7, 11) is 0. The third-order valence-corrected chi connectivity index (χ3v) is 1.50. The highest BCUT2D eigenvalue weighted by atomic mass is 35.5. The van der Waals surface area contributed by atoms with Crippen molar-refractivity contribution in [3.8, 4) is 5.75 Å². The monoisotopic (exact) mass is 171 g/mol. The van der Waals surface area contributed by atoms with Gasteiger partial charge in [0.05, 0.1) is 0 Å². The van der Waals surface area contributed by atoms with Gasteiger partial charge >= 0.3 is 0 Å². The number of hydroxylamine groups is 1. The van der Waals surface area contributed by atoms with E-state index in [4.69, 9.17) is 16.6 Å². The first-order chi connectivity index (χ1) is 5.33. The van der Waals surface area contributed by atoms with E-state index >= 15 is 0 Å². The Morgan fingerprint density at radius 1 is 1.36 bits per heavy atom. The van der Waals surface area contributed by atoms with Crippen LogP contribution in [0.15, 0.2) is 30.3 Å². The van der Waals surface area contributed by atoms with Gasteiger partial charge in [-0.1, -0.05) is 22.8 Å².